The van der Waals surface area contributed by atoms with Crippen LogP contribution in [0.2, 0.25) is 5.02 Å². The van der Waals surface area contributed by atoms with Crippen LogP contribution in [0.4, 0.5) is 0 Å². The maximum atomic E-state index is 12.4. The van der Waals surface area contributed by atoms with Crippen molar-refractivity contribution in [3.05, 3.63) is 106 Å². The molecule has 0 aliphatic heterocycles. The van der Waals surface area contributed by atoms with Gasteiger partial charge in [0.05, 0.1) is 11.8 Å². The molecule has 6 heteroatoms. The highest BCUT2D eigenvalue weighted by atomic mass is 35.5. The van der Waals surface area contributed by atoms with Crippen molar-refractivity contribution >= 4 is 22.6 Å². The molecular weight excluding hydrogens is 426 g/mol. The summed E-state index contributed by atoms with van der Waals surface area (Å²) < 4.78 is 17.3. The fraction of sp³-hybridized carbons (Fsp3) is 0.0769. The zero-order valence-corrected chi connectivity index (χ0v) is 17.9. The van der Waals surface area contributed by atoms with Crippen molar-refractivity contribution < 1.29 is 13.7 Å². The van der Waals surface area contributed by atoms with Gasteiger partial charge in [-0.2, -0.15) is 0 Å². The van der Waals surface area contributed by atoms with Gasteiger partial charge in [0.1, 0.15) is 17.9 Å². The van der Waals surface area contributed by atoms with Crippen molar-refractivity contribution in [1.82, 2.24) is 5.16 Å². The second kappa shape index (κ2) is 8.36. The predicted molar refractivity (Wildman–Crippen MR) is 124 cm³/mol. The molecule has 0 unspecified atom stereocenters. The summed E-state index contributed by atoms with van der Waals surface area (Å²) in [6.07, 6.45) is 1.58. The average molecular weight is 444 g/mol. The molecule has 0 aliphatic rings. The molecule has 2 aromatic heterocycles. The molecule has 0 atom stereocenters. The number of nitrogens with zero attached hydrogens (tertiary/aromatic N) is 1. The zero-order chi connectivity index (χ0) is 22.1. The summed E-state index contributed by atoms with van der Waals surface area (Å²) in [5.41, 5.74) is 4.09. The molecule has 0 aliphatic carbocycles. The van der Waals surface area contributed by atoms with E-state index in [-0.39, 0.29) is 6.61 Å². The van der Waals surface area contributed by atoms with Crippen LogP contribution >= 0.6 is 11.6 Å². The first-order valence-electron chi connectivity index (χ1n) is 10.1. The van der Waals surface area contributed by atoms with Gasteiger partial charge in [0.15, 0.2) is 5.76 Å². The molecule has 5 nitrogen and oxygen atoms in total. The van der Waals surface area contributed by atoms with Crippen molar-refractivity contribution in [2.24, 2.45) is 0 Å². The van der Waals surface area contributed by atoms with Crippen LogP contribution in [0.1, 0.15) is 11.1 Å². The second-order valence-corrected chi connectivity index (χ2v) is 7.83. The van der Waals surface area contributed by atoms with Crippen LogP contribution in [0.25, 0.3) is 33.4 Å². The van der Waals surface area contributed by atoms with Gasteiger partial charge >= 0.3 is 5.63 Å². The van der Waals surface area contributed by atoms with Crippen LogP contribution in [0, 0.1) is 6.92 Å². The minimum Gasteiger partial charge on any atom is -0.488 e. The number of rotatable bonds is 5. The van der Waals surface area contributed by atoms with E-state index >= 15 is 0 Å². The molecule has 0 bridgehead atoms. The molecule has 0 amide bonds. The van der Waals surface area contributed by atoms with Gasteiger partial charge in [-0.1, -0.05) is 59.2 Å². The average Bonchev–Trinajstić information content (AvgIpc) is 3.34. The minimum atomic E-state index is -0.423. The molecule has 0 saturated carbocycles. The van der Waals surface area contributed by atoms with Crippen LogP contribution in [0.15, 0.2) is 92.7 Å². The summed E-state index contributed by atoms with van der Waals surface area (Å²) in [7, 11) is 0. The lowest BCUT2D eigenvalue weighted by atomic mass is 9.96. The Kier molecular flexibility index (Phi) is 5.25. The Morgan fingerprint density at radius 3 is 2.56 bits per heavy atom. The number of ether oxygens (including phenoxy) is 1. The SMILES string of the molecule is Cc1c(OCc2cccc(Cl)c2)c(-c2ccno2)cc2c(-c3ccccc3)cc(=O)oc12. The topological polar surface area (TPSA) is 65.5 Å². The Balaban J connectivity index is 1.72. The third kappa shape index (κ3) is 3.79. The maximum absolute atomic E-state index is 12.4. The Morgan fingerprint density at radius 1 is 0.969 bits per heavy atom. The number of hydrogen-bond acceptors (Lipinski definition) is 5. The fourth-order valence-corrected chi connectivity index (χ4v) is 4.02. The maximum Gasteiger partial charge on any atom is 0.336 e. The third-order valence-corrected chi connectivity index (χ3v) is 5.51. The highest BCUT2D eigenvalue weighted by molar-refractivity contribution is 6.30. The van der Waals surface area contributed by atoms with Gasteiger partial charge in [-0.3, -0.25) is 0 Å². The van der Waals surface area contributed by atoms with Crippen molar-refractivity contribution in [2.45, 2.75) is 13.5 Å². The molecule has 5 rings (SSSR count). The first-order chi connectivity index (χ1) is 15.6. The van der Waals surface area contributed by atoms with Crippen molar-refractivity contribution in [3.8, 4) is 28.2 Å². The molecule has 0 radical (unpaired) electrons. The van der Waals surface area contributed by atoms with E-state index in [0.717, 1.165) is 27.6 Å². The van der Waals surface area contributed by atoms with Gasteiger partial charge in [-0.25, -0.2) is 4.79 Å². The van der Waals surface area contributed by atoms with Crippen LogP contribution in [0.5, 0.6) is 5.75 Å². The first-order valence-corrected chi connectivity index (χ1v) is 10.4. The Bertz CT molecular complexity index is 1460. The molecule has 0 fully saturated rings. The summed E-state index contributed by atoms with van der Waals surface area (Å²) in [6, 6.07) is 22.4. The number of benzene rings is 3. The predicted octanol–water partition coefficient (Wildman–Crippen LogP) is 6.66. The standard InChI is InChI=1S/C26H18ClNO4/c1-16-25(30-15-17-6-5-9-19(27)12-17)22(23-10-11-28-32-23)13-21-20(14-24(29)31-26(16)21)18-7-3-2-4-8-18/h2-14H,15H2,1H3. The lowest BCUT2D eigenvalue weighted by molar-refractivity contribution is 0.304. The quantitative estimate of drug-likeness (QED) is 0.284. The highest BCUT2D eigenvalue weighted by Gasteiger charge is 2.20. The van der Waals surface area contributed by atoms with Gasteiger partial charge in [0.25, 0.3) is 0 Å². The molecular formula is C26H18ClNO4. The van der Waals surface area contributed by atoms with Gasteiger partial charge in [-0.15, -0.1) is 0 Å². The Morgan fingerprint density at radius 2 is 1.81 bits per heavy atom. The first kappa shape index (κ1) is 20.1. The van der Waals surface area contributed by atoms with Gasteiger partial charge < -0.3 is 13.7 Å². The van der Waals surface area contributed by atoms with E-state index in [1.54, 1.807) is 12.3 Å². The third-order valence-electron chi connectivity index (χ3n) is 5.27. The van der Waals surface area contributed by atoms with E-state index in [0.29, 0.717) is 27.7 Å². The van der Waals surface area contributed by atoms with Gasteiger partial charge in [0.2, 0.25) is 0 Å². The van der Waals surface area contributed by atoms with Gasteiger partial charge in [0, 0.05) is 28.1 Å². The van der Waals surface area contributed by atoms with Crippen LogP contribution in [0.3, 0.4) is 0 Å². The smallest absolute Gasteiger partial charge is 0.336 e. The summed E-state index contributed by atoms with van der Waals surface area (Å²) in [4.78, 5) is 12.4. The molecule has 3 aromatic carbocycles. The van der Waals surface area contributed by atoms with Crippen molar-refractivity contribution in [2.75, 3.05) is 0 Å². The Labute approximate surface area is 188 Å². The van der Waals surface area contributed by atoms with E-state index in [9.17, 15) is 4.79 Å². The number of fused-ring (bicyclic) bond motifs is 1. The highest BCUT2D eigenvalue weighted by Crippen LogP contribution is 2.41. The lowest BCUT2D eigenvalue weighted by Gasteiger charge is -2.16. The molecule has 0 saturated heterocycles. The van der Waals surface area contributed by atoms with E-state index in [2.05, 4.69) is 5.16 Å². The van der Waals surface area contributed by atoms with Crippen LogP contribution in [-0.2, 0) is 6.61 Å². The summed E-state index contributed by atoms with van der Waals surface area (Å²) in [5.74, 6) is 1.11. The number of aromatic nitrogens is 1. The van der Waals surface area contributed by atoms with E-state index < -0.39 is 5.63 Å². The normalized spacial score (nSPS) is 11.1. The largest absolute Gasteiger partial charge is 0.488 e. The van der Waals surface area contributed by atoms with Crippen LogP contribution in [-0.4, -0.2) is 5.16 Å². The summed E-state index contributed by atoms with van der Waals surface area (Å²) in [5, 5.41) is 5.27. The van der Waals surface area contributed by atoms with Crippen molar-refractivity contribution in [1.29, 1.82) is 0 Å². The van der Waals surface area contributed by atoms with Crippen LogP contribution < -0.4 is 10.4 Å². The molecule has 5 aromatic rings. The molecule has 32 heavy (non-hydrogen) atoms. The molecule has 158 valence electrons. The Hall–Kier alpha value is -3.83. The summed E-state index contributed by atoms with van der Waals surface area (Å²) >= 11 is 6.11. The zero-order valence-electron chi connectivity index (χ0n) is 17.2. The monoisotopic (exact) mass is 443 g/mol. The van der Waals surface area contributed by atoms with Gasteiger partial charge in [-0.05, 0) is 41.8 Å². The second-order valence-electron chi connectivity index (χ2n) is 7.40. The summed E-state index contributed by atoms with van der Waals surface area (Å²) in [6.45, 7) is 2.16. The molecule has 2 heterocycles. The minimum absolute atomic E-state index is 0.288. The molecule has 0 spiro atoms. The molecule has 0 N–H and O–H groups in total. The van der Waals surface area contributed by atoms with Crippen molar-refractivity contribution in [3.63, 3.8) is 0 Å². The number of aryl methyl sites for hydroxylation is 1. The lowest BCUT2D eigenvalue weighted by Crippen LogP contribution is -2.03. The fourth-order valence-electron chi connectivity index (χ4n) is 3.80. The number of hydrogen-bond donors (Lipinski definition) is 0. The van der Waals surface area contributed by atoms with E-state index in [1.807, 2.05) is 67.6 Å². The number of halogens is 1. The van der Waals surface area contributed by atoms with E-state index in [1.165, 1.54) is 6.07 Å². The van der Waals surface area contributed by atoms with E-state index in [4.69, 9.17) is 25.3 Å².